The van der Waals surface area contributed by atoms with Gasteiger partial charge in [0, 0.05) is 24.7 Å². The fourth-order valence-electron chi connectivity index (χ4n) is 2.79. The largest absolute Gasteiger partial charge is 0.299 e. The van der Waals surface area contributed by atoms with E-state index in [0.29, 0.717) is 12.8 Å². The Hall–Kier alpha value is -2.14. The van der Waals surface area contributed by atoms with Crippen LogP contribution in [0.4, 0.5) is 0 Å². The molecule has 0 fully saturated rings. The van der Waals surface area contributed by atoms with Crippen molar-refractivity contribution in [3.63, 3.8) is 0 Å². The van der Waals surface area contributed by atoms with E-state index in [0.717, 1.165) is 27.4 Å². The topological polar surface area (TPSA) is 58.6 Å². The number of nitrogens with zero attached hydrogens (tertiary/aromatic N) is 2. The van der Waals surface area contributed by atoms with Gasteiger partial charge in [-0.3, -0.25) is 14.9 Å². The molecule has 5 heteroatoms. The molecule has 0 aliphatic heterocycles. The van der Waals surface area contributed by atoms with Crippen molar-refractivity contribution in [1.29, 1.82) is 0 Å². The van der Waals surface area contributed by atoms with Gasteiger partial charge in [-0.25, -0.2) is 0 Å². The maximum Gasteiger partial charge on any atom is 0.139 e. The van der Waals surface area contributed by atoms with Crippen molar-refractivity contribution < 1.29 is 4.79 Å². The van der Waals surface area contributed by atoms with Crippen molar-refractivity contribution in [2.45, 2.75) is 37.6 Å². The van der Waals surface area contributed by atoms with Crippen molar-refractivity contribution in [2.75, 3.05) is 5.75 Å². The Labute approximate surface area is 146 Å². The number of Topliss-reactive ketones (excluding diaryl/α,β-unsaturated/α-hetero) is 1. The maximum absolute atomic E-state index is 12.4. The molecule has 0 aliphatic rings. The van der Waals surface area contributed by atoms with Gasteiger partial charge in [0.1, 0.15) is 10.8 Å². The van der Waals surface area contributed by atoms with E-state index in [1.165, 1.54) is 5.56 Å². The molecule has 0 radical (unpaired) electrons. The third-order valence-corrected chi connectivity index (χ3v) is 4.90. The van der Waals surface area contributed by atoms with Crippen LogP contribution in [-0.4, -0.2) is 26.7 Å². The summed E-state index contributed by atoms with van der Waals surface area (Å²) in [5.74, 6) is 1.40. The average Bonchev–Trinajstić information content (AvgIpc) is 2.98. The number of rotatable bonds is 7. The van der Waals surface area contributed by atoms with Gasteiger partial charge in [0.05, 0.1) is 10.9 Å². The molecular formula is C19H21N3OS. The molecule has 0 unspecified atom stereocenters. The van der Waals surface area contributed by atoms with Crippen LogP contribution in [0.1, 0.15) is 37.4 Å². The number of H-pyrrole nitrogens is 1. The summed E-state index contributed by atoms with van der Waals surface area (Å²) in [5, 5.41) is 9.33. The smallest absolute Gasteiger partial charge is 0.139 e. The van der Waals surface area contributed by atoms with E-state index < -0.39 is 0 Å². The Balaban J connectivity index is 1.67. The fourth-order valence-corrected chi connectivity index (χ4v) is 3.49. The van der Waals surface area contributed by atoms with Crippen molar-refractivity contribution in [2.24, 2.45) is 0 Å². The molecule has 1 aromatic carbocycles. The number of ketones is 1. The molecule has 0 spiro atoms. The number of hydrogen-bond donors (Lipinski definition) is 1. The number of pyridine rings is 1. The van der Waals surface area contributed by atoms with Crippen molar-refractivity contribution in [3.05, 3.63) is 53.9 Å². The third kappa shape index (κ3) is 3.85. The van der Waals surface area contributed by atoms with Crippen LogP contribution in [0.3, 0.4) is 0 Å². The van der Waals surface area contributed by atoms with E-state index in [-0.39, 0.29) is 11.7 Å². The predicted molar refractivity (Wildman–Crippen MR) is 98.5 cm³/mol. The number of carbonyl (C=O) groups excluding carboxylic acids is 1. The van der Waals surface area contributed by atoms with Gasteiger partial charge in [0.15, 0.2) is 0 Å². The predicted octanol–water partition coefficient (Wildman–Crippen LogP) is 4.38. The summed E-state index contributed by atoms with van der Waals surface area (Å²) in [6.07, 6.45) is 2.71. The third-order valence-electron chi connectivity index (χ3n) is 4.03. The normalized spacial score (nSPS) is 12.4. The maximum atomic E-state index is 12.4. The molecule has 0 saturated heterocycles. The number of benzene rings is 1. The summed E-state index contributed by atoms with van der Waals surface area (Å²) in [5.41, 5.74) is 2.94. The molecule has 2 heterocycles. The average molecular weight is 339 g/mol. The molecule has 4 nitrogen and oxygen atoms in total. The quantitative estimate of drug-likeness (QED) is 0.649. The lowest BCUT2D eigenvalue weighted by Gasteiger charge is -2.10. The van der Waals surface area contributed by atoms with Crippen LogP contribution in [0.25, 0.3) is 10.9 Å². The number of thioether (sulfide) groups is 1. The summed E-state index contributed by atoms with van der Waals surface area (Å²) in [4.78, 5) is 16.8. The second kappa shape index (κ2) is 7.62. The minimum atomic E-state index is 0.209. The second-order valence-electron chi connectivity index (χ2n) is 5.91. The van der Waals surface area contributed by atoms with Crippen LogP contribution >= 0.6 is 11.8 Å². The first-order valence-electron chi connectivity index (χ1n) is 8.19. The Morgan fingerprint density at radius 1 is 1.29 bits per heavy atom. The highest BCUT2D eigenvalue weighted by Gasteiger charge is 2.13. The molecule has 24 heavy (non-hydrogen) atoms. The molecule has 3 aromatic rings. The molecule has 2 aromatic heterocycles. The number of aromatic amines is 1. The van der Waals surface area contributed by atoms with Gasteiger partial charge in [-0.1, -0.05) is 44.2 Å². The van der Waals surface area contributed by atoms with Gasteiger partial charge in [0.25, 0.3) is 0 Å². The SMILES string of the molecule is CCSc1n[nH]c2cc(CC(=O)C[C@H](C)c3ccccc3)ncc12. The first kappa shape index (κ1) is 16.7. The summed E-state index contributed by atoms with van der Waals surface area (Å²) < 4.78 is 0. The highest BCUT2D eigenvalue weighted by Crippen LogP contribution is 2.25. The zero-order valence-electron chi connectivity index (χ0n) is 14.0. The molecule has 0 saturated carbocycles. The van der Waals surface area contributed by atoms with E-state index in [9.17, 15) is 4.79 Å². The van der Waals surface area contributed by atoms with Gasteiger partial charge in [-0.05, 0) is 23.3 Å². The number of aromatic nitrogens is 3. The van der Waals surface area contributed by atoms with Gasteiger partial charge in [0.2, 0.25) is 0 Å². The molecule has 124 valence electrons. The highest BCUT2D eigenvalue weighted by molar-refractivity contribution is 7.99. The van der Waals surface area contributed by atoms with E-state index in [1.54, 1.807) is 11.8 Å². The monoisotopic (exact) mass is 339 g/mol. The van der Waals surface area contributed by atoms with Crippen molar-refractivity contribution in [1.82, 2.24) is 15.2 Å². The van der Waals surface area contributed by atoms with Crippen LogP contribution in [0.15, 0.2) is 47.6 Å². The van der Waals surface area contributed by atoms with Crippen LogP contribution in [0.5, 0.6) is 0 Å². The number of fused-ring (bicyclic) bond motifs is 1. The summed E-state index contributed by atoms with van der Waals surface area (Å²) >= 11 is 1.69. The zero-order valence-corrected chi connectivity index (χ0v) is 14.8. The number of carbonyl (C=O) groups is 1. The lowest BCUT2D eigenvalue weighted by molar-refractivity contribution is -0.118. The summed E-state index contributed by atoms with van der Waals surface area (Å²) in [7, 11) is 0. The van der Waals surface area contributed by atoms with Crippen molar-refractivity contribution >= 4 is 28.4 Å². The Morgan fingerprint density at radius 3 is 2.83 bits per heavy atom. The van der Waals surface area contributed by atoms with Crippen molar-refractivity contribution in [3.8, 4) is 0 Å². The molecule has 1 atom stereocenters. The first-order valence-corrected chi connectivity index (χ1v) is 9.18. The minimum Gasteiger partial charge on any atom is -0.299 e. The summed E-state index contributed by atoms with van der Waals surface area (Å²) in [6, 6.07) is 12.1. The Bertz CT molecular complexity index is 829. The highest BCUT2D eigenvalue weighted by atomic mass is 32.2. The standard InChI is InChI=1S/C19H21N3OS/c1-3-24-19-17-12-20-15(11-18(17)21-22-19)10-16(23)9-13(2)14-7-5-4-6-8-14/h4-8,11-13H,3,9-10H2,1-2H3,(H,21,22)/t13-/m0/s1. The minimum absolute atomic E-state index is 0.209. The summed E-state index contributed by atoms with van der Waals surface area (Å²) in [6.45, 7) is 4.19. The van der Waals surface area contributed by atoms with Crippen LogP contribution < -0.4 is 0 Å². The Kier molecular flexibility index (Phi) is 5.30. The van der Waals surface area contributed by atoms with Gasteiger partial charge >= 0.3 is 0 Å². The fraction of sp³-hybridized carbons (Fsp3) is 0.316. The lowest BCUT2D eigenvalue weighted by atomic mass is 9.94. The Morgan fingerprint density at radius 2 is 2.08 bits per heavy atom. The van der Waals surface area contributed by atoms with Crippen LogP contribution in [0.2, 0.25) is 0 Å². The van der Waals surface area contributed by atoms with Gasteiger partial charge in [-0.15, -0.1) is 11.8 Å². The lowest BCUT2D eigenvalue weighted by Crippen LogP contribution is -2.08. The van der Waals surface area contributed by atoms with Crippen LogP contribution in [0, 0.1) is 0 Å². The van der Waals surface area contributed by atoms with E-state index in [1.807, 2.05) is 30.5 Å². The second-order valence-corrected chi connectivity index (χ2v) is 7.17. The molecule has 0 amide bonds. The van der Waals surface area contributed by atoms with Gasteiger partial charge < -0.3 is 0 Å². The number of nitrogens with one attached hydrogen (secondary N) is 1. The van der Waals surface area contributed by atoms with E-state index in [2.05, 4.69) is 41.2 Å². The molecule has 3 rings (SSSR count). The molecule has 0 bridgehead atoms. The van der Waals surface area contributed by atoms with E-state index in [4.69, 9.17) is 0 Å². The van der Waals surface area contributed by atoms with Crippen LogP contribution in [-0.2, 0) is 11.2 Å². The number of hydrogen-bond acceptors (Lipinski definition) is 4. The zero-order chi connectivity index (χ0) is 16.9. The van der Waals surface area contributed by atoms with E-state index >= 15 is 0 Å². The van der Waals surface area contributed by atoms with Gasteiger partial charge in [-0.2, -0.15) is 5.10 Å². The molecule has 1 N–H and O–H groups in total. The molecular weight excluding hydrogens is 318 g/mol. The molecule has 0 aliphatic carbocycles. The first-order chi connectivity index (χ1) is 11.7.